The first-order valence-electron chi connectivity index (χ1n) is 14.8. The predicted molar refractivity (Wildman–Crippen MR) is 182 cm³/mol. The molecule has 0 saturated heterocycles. The lowest BCUT2D eigenvalue weighted by Crippen LogP contribution is -2.05. The fraction of sp³-hybridized carbons (Fsp3) is 0. The first-order valence-corrected chi connectivity index (χ1v) is 14.8. The summed E-state index contributed by atoms with van der Waals surface area (Å²) in [6.07, 6.45) is 3.40. The molecule has 0 fully saturated rings. The highest BCUT2D eigenvalue weighted by Gasteiger charge is 2.23. The Morgan fingerprint density at radius 3 is 1.23 bits per heavy atom. The number of benzene rings is 5. The van der Waals surface area contributed by atoms with E-state index in [-0.39, 0.29) is 0 Å². The van der Waals surface area contributed by atoms with Gasteiger partial charge in [0, 0.05) is 45.1 Å². The number of nitriles is 5. The van der Waals surface area contributed by atoms with Gasteiger partial charge in [0.15, 0.2) is 0 Å². The Bertz CT molecular complexity index is 2750. The molecule has 8 rings (SSSR count). The zero-order chi connectivity index (χ0) is 32.9. The van der Waals surface area contributed by atoms with E-state index in [2.05, 4.69) is 44.5 Å². The van der Waals surface area contributed by atoms with Crippen molar-refractivity contribution in [3.8, 4) is 52.8 Å². The van der Waals surface area contributed by atoms with E-state index in [0.29, 0.717) is 39.1 Å². The normalized spacial score (nSPS) is 10.8. The van der Waals surface area contributed by atoms with Crippen molar-refractivity contribution in [3.05, 3.63) is 137 Å². The number of hydrogen-bond acceptors (Lipinski definition) is 6. The van der Waals surface area contributed by atoms with E-state index in [1.807, 2.05) is 72.8 Å². The molecule has 0 atom stereocenters. The van der Waals surface area contributed by atoms with E-state index in [1.54, 1.807) is 36.7 Å². The highest BCUT2D eigenvalue weighted by atomic mass is 15.1. The molecule has 0 unspecified atom stereocenters. The van der Waals surface area contributed by atoms with Crippen molar-refractivity contribution in [3.63, 3.8) is 0 Å². The molecule has 0 bridgehead atoms. The lowest BCUT2D eigenvalue weighted by molar-refractivity contribution is 1.09. The van der Waals surface area contributed by atoms with Crippen LogP contribution in [0.15, 0.2) is 109 Å². The maximum absolute atomic E-state index is 10.5. The van der Waals surface area contributed by atoms with E-state index in [1.165, 1.54) is 0 Å². The van der Waals surface area contributed by atoms with Crippen LogP contribution in [0.1, 0.15) is 27.8 Å². The van der Waals surface area contributed by atoms with Crippen LogP contribution < -0.4 is 0 Å². The summed E-state index contributed by atoms with van der Waals surface area (Å²) in [5, 5.41) is 52.8. The van der Waals surface area contributed by atoms with Crippen LogP contribution >= 0.6 is 0 Å². The van der Waals surface area contributed by atoms with Crippen molar-refractivity contribution in [2.24, 2.45) is 0 Å². The molecule has 48 heavy (non-hydrogen) atoms. The van der Waals surface area contributed by atoms with Crippen molar-refractivity contribution in [1.82, 2.24) is 14.1 Å². The summed E-state index contributed by atoms with van der Waals surface area (Å²) in [6, 6.07) is 40.8. The minimum atomic E-state index is 0.429. The van der Waals surface area contributed by atoms with Crippen LogP contribution in [0.25, 0.3) is 66.1 Å². The molecule has 0 aliphatic rings. The molecule has 0 radical (unpaired) electrons. The molecule has 8 nitrogen and oxygen atoms in total. The SMILES string of the molecule is N#Cc1ccc2c(c1)c1cc(C#N)ccc1n2-c1cc(C#N)c(-c2cccnc2)cc1-n1c2ccc(C#N)cc2c2cc(C#N)ccc21. The summed E-state index contributed by atoms with van der Waals surface area (Å²) in [6.45, 7) is 0. The molecule has 8 aromatic rings. The Morgan fingerprint density at radius 1 is 0.458 bits per heavy atom. The molecule has 0 N–H and O–H groups in total. The maximum atomic E-state index is 10.5. The molecule has 0 saturated carbocycles. The highest BCUT2D eigenvalue weighted by Crippen LogP contribution is 2.41. The van der Waals surface area contributed by atoms with E-state index in [4.69, 9.17) is 0 Å². The third-order valence-corrected chi connectivity index (χ3v) is 8.74. The smallest absolute Gasteiger partial charge is 0.0999 e. The van der Waals surface area contributed by atoms with Crippen molar-refractivity contribution in [1.29, 1.82) is 26.3 Å². The van der Waals surface area contributed by atoms with Crippen molar-refractivity contribution in [2.45, 2.75) is 0 Å². The minimum absolute atomic E-state index is 0.429. The Morgan fingerprint density at radius 2 is 0.875 bits per heavy atom. The van der Waals surface area contributed by atoms with Gasteiger partial charge in [-0.05, 0) is 91.0 Å². The molecule has 3 aromatic heterocycles. The molecular weight excluding hydrogens is 592 g/mol. The number of nitrogens with zero attached hydrogens (tertiary/aromatic N) is 8. The van der Waals surface area contributed by atoms with Crippen LogP contribution in [0.2, 0.25) is 0 Å². The van der Waals surface area contributed by atoms with Gasteiger partial charge in [0.25, 0.3) is 0 Å². The number of hydrogen-bond donors (Lipinski definition) is 0. The lowest BCUT2D eigenvalue weighted by Gasteiger charge is -2.19. The topological polar surface area (TPSA) is 142 Å². The summed E-state index contributed by atoms with van der Waals surface area (Å²) >= 11 is 0. The minimum Gasteiger partial charge on any atom is -0.307 e. The second kappa shape index (κ2) is 10.7. The largest absolute Gasteiger partial charge is 0.307 e. The molecule has 8 heteroatoms. The third kappa shape index (κ3) is 4.08. The molecule has 0 spiro atoms. The van der Waals surface area contributed by atoms with Crippen LogP contribution in [-0.4, -0.2) is 14.1 Å². The highest BCUT2D eigenvalue weighted by molar-refractivity contribution is 6.12. The number of aromatic nitrogens is 3. The summed E-state index contributed by atoms with van der Waals surface area (Å²) in [7, 11) is 0. The quantitative estimate of drug-likeness (QED) is 0.197. The van der Waals surface area contributed by atoms with Gasteiger partial charge in [-0.25, -0.2) is 0 Å². The van der Waals surface area contributed by atoms with Crippen molar-refractivity contribution < 1.29 is 0 Å². The van der Waals surface area contributed by atoms with Gasteiger partial charge in [-0.3, -0.25) is 4.98 Å². The second-order valence-electron chi connectivity index (χ2n) is 11.3. The number of pyridine rings is 1. The Kier molecular flexibility index (Phi) is 6.22. The van der Waals surface area contributed by atoms with Crippen LogP contribution in [0.5, 0.6) is 0 Å². The molecule has 3 heterocycles. The molecule has 0 aliphatic heterocycles. The number of rotatable bonds is 3. The molecule has 218 valence electrons. The fourth-order valence-corrected chi connectivity index (χ4v) is 6.63. The molecular formula is C40H18N8. The van der Waals surface area contributed by atoms with E-state index < -0.39 is 0 Å². The first-order chi connectivity index (χ1) is 23.6. The Balaban J connectivity index is 1.59. The third-order valence-electron chi connectivity index (χ3n) is 8.74. The first kappa shape index (κ1) is 27.8. The van der Waals surface area contributed by atoms with E-state index >= 15 is 0 Å². The standard InChI is InChI=1S/C40H18N8/c41-18-24-3-7-35-31(12-24)32-13-25(19-42)4-8-36(32)47(35)39-16-29(22-45)30(28-2-1-11-46-23-28)17-40(39)48-37-9-5-26(20-43)14-33(37)34-15-27(21-44)6-10-38(34)48/h1-17,23H. The monoisotopic (exact) mass is 610 g/mol. The zero-order valence-corrected chi connectivity index (χ0v) is 25.0. The van der Waals surface area contributed by atoms with Crippen molar-refractivity contribution in [2.75, 3.05) is 0 Å². The second-order valence-corrected chi connectivity index (χ2v) is 11.3. The lowest BCUT2D eigenvalue weighted by atomic mass is 9.99. The Hall–Kier alpha value is -7.70. The van der Waals surface area contributed by atoms with Gasteiger partial charge in [0.05, 0.1) is 91.6 Å². The van der Waals surface area contributed by atoms with Crippen molar-refractivity contribution >= 4 is 43.6 Å². The van der Waals surface area contributed by atoms with Gasteiger partial charge < -0.3 is 9.13 Å². The van der Waals surface area contributed by atoms with Gasteiger partial charge in [0.2, 0.25) is 0 Å². The average molecular weight is 611 g/mol. The van der Waals surface area contributed by atoms with Crippen LogP contribution in [-0.2, 0) is 0 Å². The molecule has 0 amide bonds. The summed E-state index contributed by atoms with van der Waals surface area (Å²) < 4.78 is 4.15. The van der Waals surface area contributed by atoms with Crippen LogP contribution in [0.4, 0.5) is 0 Å². The molecule has 0 aliphatic carbocycles. The summed E-state index contributed by atoms with van der Waals surface area (Å²) in [5.74, 6) is 0. The maximum Gasteiger partial charge on any atom is 0.0999 e. The van der Waals surface area contributed by atoms with Gasteiger partial charge in [-0.15, -0.1) is 0 Å². The van der Waals surface area contributed by atoms with Crippen LogP contribution in [0, 0.1) is 56.7 Å². The van der Waals surface area contributed by atoms with Gasteiger partial charge >= 0.3 is 0 Å². The van der Waals surface area contributed by atoms with Gasteiger partial charge in [-0.1, -0.05) is 6.07 Å². The predicted octanol–water partition coefficient (Wildman–Crippen LogP) is 8.30. The van der Waals surface area contributed by atoms with E-state index in [9.17, 15) is 26.3 Å². The van der Waals surface area contributed by atoms with E-state index in [0.717, 1.165) is 54.9 Å². The zero-order valence-electron chi connectivity index (χ0n) is 25.0. The summed E-state index contributed by atoms with van der Waals surface area (Å²) in [4.78, 5) is 4.32. The average Bonchev–Trinajstić information content (AvgIpc) is 3.65. The van der Waals surface area contributed by atoms with Gasteiger partial charge in [0.1, 0.15) is 0 Å². The number of fused-ring (bicyclic) bond motifs is 6. The van der Waals surface area contributed by atoms with Gasteiger partial charge in [-0.2, -0.15) is 26.3 Å². The molecule has 5 aromatic carbocycles. The fourth-order valence-electron chi connectivity index (χ4n) is 6.63. The summed E-state index contributed by atoms with van der Waals surface area (Å²) in [5.41, 5.74) is 8.43. The van der Waals surface area contributed by atoms with Crippen LogP contribution in [0.3, 0.4) is 0 Å². The Labute approximate surface area is 273 Å².